The van der Waals surface area contributed by atoms with Crippen LogP contribution in [0.5, 0.6) is 5.75 Å². The first-order valence-corrected chi connectivity index (χ1v) is 16.1. The van der Waals surface area contributed by atoms with Crippen LogP contribution in [0.3, 0.4) is 0 Å². The Morgan fingerprint density at radius 1 is 1.17 bits per heavy atom. The van der Waals surface area contributed by atoms with Crippen molar-refractivity contribution in [2.45, 2.75) is 77.7 Å². The summed E-state index contributed by atoms with van der Waals surface area (Å²) >= 11 is 0. The molecule has 41 heavy (non-hydrogen) atoms. The number of esters is 1. The zero-order valence-electron chi connectivity index (χ0n) is 23.9. The Kier molecular flexibility index (Phi) is 10.3. The molecule has 1 spiro atoms. The Labute approximate surface area is 239 Å². The smallest absolute Gasteiger partial charge is 0.380 e. The van der Waals surface area contributed by atoms with Crippen LogP contribution in [0.15, 0.2) is 52.2 Å². The molecule has 0 radical (unpaired) electrons. The van der Waals surface area contributed by atoms with E-state index in [4.69, 9.17) is 18.5 Å². The van der Waals surface area contributed by atoms with Crippen molar-refractivity contribution in [3.05, 3.63) is 63.4 Å². The van der Waals surface area contributed by atoms with Crippen LogP contribution in [-0.2, 0) is 23.4 Å². The molecule has 1 aliphatic heterocycles. The SMILES string of the molecule is CCCC(CCC)COC(=O)[C@H](C)CP(=O)(OC[C@H]1O[C@@H](n2ccc(=O)[nH]c2=O)C2(CC2)[C@@H]1O)Oc1ccccc1. The van der Waals surface area contributed by atoms with E-state index in [1.165, 1.54) is 16.8 Å². The van der Waals surface area contributed by atoms with Gasteiger partial charge in [0.2, 0.25) is 0 Å². The Balaban J connectivity index is 1.45. The quantitative estimate of drug-likeness (QED) is 0.229. The Morgan fingerprint density at radius 2 is 1.85 bits per heavy atom. The van der Waals surface area contributed by atoms with Crippen LogP contribution in [0.25, 0.3) is 0 Å². The molecule has 1 unspecified atom stereocenters. The van der Waals surface area contributed by atoms with Crippen LogP contribution < -0.4 is 15.8 Å². The molecule has 4 rings (SSSR count). The van der Waals surface area contributed by atoms with Gasteiger partial charge in [-0.15, -0.1) is 0 Å². The molecule has 1 saturated heterocycles. The van der Waals surface area contributed by atoms with E-state index in [1.807, 2.05) is 0 Å². The predicted molar refractivity (Wildman–Crippen MR) is 152 cm³/mol. The number of carbonyl (C=O) groups is 1. The summed E-state index contributed by atoms with van der Waals surface area (Å²) < 4.78 is 38.6. The van der Waals surface area contributed by atoms with Crippen molar-refractivity contribution in [1.29, 1.82) is 0 Å². The molecule has 12 heteroatoms. The van der Waals surface area contributed by atoms with E-state index in [9.17, 15) is 24.1 Å². The zero-order valence-corrected chi connectivity index (χ0v) is 24.8. The lowest BCUT2D eigenvalue weighted by molar-refractivity contribution is -0.148. The molecule has 5 atom stereocenters. The van der Waals surface area contributed by atoms with E-state index < -0.39 is 54.6 Å². The summed E-state index contributed by atoms with van der Waals surface area (Å²) in [5, 5.41) is 11.1. The van der Waals surface area contributed by atoms with E-state index in [-0.39, 0.29) is 18.7 Å². The van der Waals surface area contributed by atoms with E-state index >= 15 is 0 Å². The highest BCUT2D eigenvalue weighted by molar-refractivity contribution is 7.54. The lowest BCUT2D eigenvalue weighted by atomic mass is 9.96. The average Bonchev–Trinajstić information content (AvgIpc) is 3.69. The number of ether oxygens (including phenoxy) is 2. The number of hydrogen-bond donors (Lipinski definition) is 2. The van der Waals surface area contributed by atoms with E-state index in [2.05, 4.69) is 18.8 Å². The molecule has 2 heterocycles. The van der Waals surface area contributed by atoms with Gasteiger partial charge >= 0.3 is 19.3 Å². The van der Waals surface area contributed by atoms with Gasteiger partial charge in [0.25, 0.3) is 5.56 Å². The number of hydrogen-bond acceptors (Lipinski definition) is 9. The van der Waals surface area contributed by atoms with Gasteiger partial charge in [0.15, 0.2) is 0 Å². The van der Waals surface area contributed by atoms with Gasteiger partial charge in [0.1, 0.15) is 18.1 Å². The van der Waals surface area contributed by atoms with Crippen LogP contribution in [0.1, 0.15) is 65.5 Å². The van der Waals surface area contributed by atoms with Crippen molar-refractivity contribution in [1.82, 2.24) is 9.55 Å². The topological polar surface area (TPSA) is 146 Å². The third-order valence-corrected chi connectivity index (χ3v) is 9.87. The summed E-state index contributed by atoms with van der Waals surface area (Å²) in [5.74, 6) is -0.658. The lowest BCUT2D eigenvalue weighted by Gasteiger charge is -2.24. The highest BCUT2D eigenvalue weighted by Gasteiger charge is 2.64. The van der Waals surface area contributed by atoms with E-state index in [0.29, 0.717) is 25.2 Å². The van der Waals surface area contributed by atoms with Gasteiger partial charge in [-0.05, 0) is 43.7 Å². The summed E-state index contributed by atoms with van der Waals surface area (Å²) in [5.41, 5.74) is -1.90. The van der Waals surface area contributed by atoms with Crippen LogP contribution in [0, 0.1) is 17.3 Å². The molecule has 11 nitrogen and oxygen atoms in total. The van der Waals surface area contributed by atoms with Gasteiger partial charge in [-0.25, -0.2) is 9.36 Å². The molecule has 226 valence electrons. The van der Waals surface area contributed by atoms with Gasteiger partial charge in [-0.1, -0.05) is 51.8 Å². The second-order valence-corrected chi connectivity index (χ2v) is 13.2. The molecule has 2 aliphatic rings. The summed E-state index contributed by atoms with van der Waals surface area (Å²) in [6.07, 6.45) is 3.51. The molecular formula is C29H41N2O9P. The first-order chi connectivity index (χ1) is 19.6. The van der Waals surface area contributed by atoms with Crippen LogP contribution >= 0.6 is 7.60 Å². The fourth-order valence-corrected chi connectivity index (χ4v) is 7.36. The molecule has 2 aromatic rings. The fourth-order valence-electron chi connectivity index (χ4n) is 5.49. The Morgan fingerprint density at radius 3 is 2.46 bits per heavy atom. The highest BCUT2D eigenvalue weighted by Crippen LogP contribution is 2.62. The third kappa shape index (κ3) is 7.57. The fraction of sp³-hybridized carbons (Fsp3) is 0.621. The van der Waals surface area contributed by atoms with Crippen molar-refractivity contribution in [2.24, 2.45) is 17.3 Å². The molecule has 2 fully saturated rings. The van der Waals surface area contributed by atoms with Gasteiger partial charge in [-0.3, -0.25) is 23.7 Å². The van der Waals surface area contributed by atoms with Crippen molar-refractivity contribution >= 4 is 13.6 Å². The normalized spacial score (nSPS) is 23.3. The van der Waals surface area contributed by atoms with Crippen molar-refractivity contribution < 1.29 is 33.0 Å². The highest BCUT2D eigenvalue weighted by atomic mass is 31.2. The third-order valence-electron chi connectivity index (χ3n) is 7.85. The molecular weight excluding hydrogens is 551 g/mol. The number of aliphatic hydroxyl groups excluding tert-OH is 1. The van der Waals surface area contributed by atoms with Gasteiger partial charge < -0.3 is 19.1 Å². The van der Waals surface area contributed by atoms with Crippen molar-refractivity contribution in [3.63, 3.8) is 0 Å². The number of aromatic amines is 1. The molecule has 1 aromatic heterocycles. The van der Waals surface area contributed by atoms with Crippen LogP contribution in [-0.4, -0.2) is 52.2 Å². The number of H-pyrrole nitrogens is 1. The number of carbonyl (C=O) groups excluding carboxylic acids is 1. The lowest BCUT2D eigenvalue weighted by Crippen LogP contribution is -2.35. The average molecular weight is 593 g/mol. The Hall–Kier alpha value is -2.72. The zero-order chi connectivity index (χ0) is 29.6. The van der Waals surface area contributed by atoms with E-state index in [1.54, 1.807) is 37.3 Å². The summed E-state index contributed by atoms with van der Waals surface area (Å²) in [7, 11) is -3.94. The maximum atomic E-state index is 14.0. The molecule has 0 amide bonds. The van der Waals surface area contributed by atoms with Crippen LogP contribution in [0.4, 0.5) is 0 Å². The minimum Gasteiger partial charge on any atom is -0.465 e. The summed E-state index contributed by atoms with van der Waals surface area (Å²) in [6, 6.07) is 9.73. The molecule has 1 saturated carbocycles. The monoisotopic (exact) mass is 592 g/mol. The second-order valence-electron chi connectivity index (χ2n) is 11.2. The first-order valence-electron chi connectivity index (χ1n) is 14.4. The van der Waals surface area contributed by atoms with Gasteiger partial charge in [0.05, 0.1) is 31.4 Å². The largest absolute Gasteiger partial charge is 0.465 e. The first kappa shape index (κ1) is 31.2. The number of aromatic nitrogens is 2. The minimum absolute atomic E-state index is 0.232. The number of para-hydroxylation sites is 1. The number of aliphatic hydroxyl groups is 1. The number of nitrogens with one attached hydrogen (secondary N) is 1. The number of rotatable bonds is 15. The number of benzene rings is 1. The van der Waals surface area contributed by atoms with Gasteiger partial charge in [0, 0.05) is 17.7 Å². The van der Waals surface area contributed by atoms with Crippen LogP contribution in [0.2, 0.25) is 0 Å². The van der Waals surface area contributed by atoms with E-state index in [0.717, 1.165) is 25.7 Å². The van der Waals surface area contributed by atoms with Gasteiger partial charge in [-0.2, -0.15) is 0 Å². The number of nitrogens with zero attached hydrogens (tertiary/aromatic N) is 1. The van der Waals surface area contributed by atoms with Crippen molar-refractivity contribution in [3.8, 4) is 5.75 Å². The maximum absolute atomic E-state index is 14.0. The predicted octanol–water partition coefficient (Wildman–Crippen LogP) is 4.26. The maximum Gasteiger partial charge on any atom is 0.380 e. The standard InChI is InChI=1S/C29H41N2O9P/c1-4-9-21(10-5-2)17-37-26(34)20(3)19-41(36,40-22-11-7-6-8-12-22)38-18-23-25(33)29(14-15-29)27(39-23)31-16-13-24(32)30-28(31)35/h6-8,11-13,16,20-21,23,25,27,33H,4-5,9-10,14-15,17-19H2,1-3H3,(H,30,32,35)/t20-,23-,25-,27-,41?/m1/s1. The molecule has 1 aromatic carbocycles. The molecule has 0 bridgehead atoms. The minimum atomic E-state index is -3.94. The molecule has 2 N–H and O–H groups in total. The second kappa shape index (κ2) is 13.5. The summed E-state index contributed by atoms with van der Waals surface area (Å²) in [4.78, 5) is 39.1. The summed E-state index contributed by atoms with van der Waals surface area (Å²) in [6.45, 7) is 5.83. The Bertz CT molecular complexity index is 1320. The molecule has 1 aliphatic carbocycles. The van der Waals surface area contributed by atoms with Crippen molar-refractivity contribution in [2.75, 3.05) is 19.4 Å².